The fourth-order valence-electron chi connectivity index (χ4n) is 7.59. The molecule has 332 valence electrons. The van der Waals surface area contributed by atoms with Crippen molar-refractivity contribution in [1.29, 1.82) is 0 Å². The van der Waals surface area contributed by atoms with Crippen molar-refractivity contribution in [1.82, 2.24) is 0 Å². The SMILES string of the molecule is [B]/C1=C(O)/C(O)=C(/O)Cc2c(O)c(O)c(C(N=C(N)C3=C(c4cccc(-c5ccccc5)c4)C=CCC=C3)=NC(=C)c3c(O)c(O)c([B])c4c3oc3c(O)c(O)c(O)c(O)c34)c(O)c2OC1=C. The summed E-state index contributed by atoms with van der Waals surface area (Å²) in [5.41, 5.74) is 4.79. The number of furan rings is 1. The van der Waals surface area contributed by atoms with Gasteiger partial charge < -0.3 is 76.2 Å². The van der Waals surface area contributed by atoms with E-state index < -0.39 is 148 Å². The van der Waals surface area contributed by atoms with Crippen molar-refractivity contribution in [2.75, 3.05) is 0 Å². The van der Waals surface area contributed by atoms with E-state index in [0.717, 1.165) is 11.1 Å². The molecule has 4 radical (unpaired) electrons. The van der Waals surface area contributed by atoms with Gasteiger partial charge in [-0.15, -0.1) is 0 Å². The van der Waals surface area contributed by atoms with Crippen LogP contribution in [-0.2, 0) is 6.42 Å². The lowest BCUT2D eigenvalue weighted by Crippen LogP contribution is -2.18. The van der Waals surface area contributed by atoms with Gasteiger partial charge in [0.2, 0.25) is 17.2 Å². The van der Waals surface area contributed by atoms with E-state index >= 15 is 0 Å². The number of phenolic OH excluding ortho intramolecular Hbond substituents is 9. The fourth-order valence-corrected chi connectivity index (χ4v) is 7.59. The molecule has 0 atom stereocenters. The molecule has 2 aliphatic rings. The first-order valence-electron chi connectivity index (χ1n) is 19.7. The molecule has 0 saturated heterocycles. The van der Waals surface area contributed by atoms with Crippen LogP contribution in [0.25, 0.3) is 44.3 Å². The number of benzene rings is 5. The number of aromatic hydroxyl groups is 9. The van der Waals surface area contributed by atoms with E-state index in [9.17, 15) is 61.3 Å². The first kappa shape index (κ1) is 44.4. The summed E-state index contributed by atoms with van der Waals surface area (Å²) in [6, 6.07) is 17.0. The first-order chi connectivity index (χ1) is 31.8. The molecule has 2 heterocycles. The highest BCUT2D eigenvalue weighted by Gasteiger charge is 2.34. The lowest BCUT2D eigenvalue weighted by molar-refractivity contribution is 0.278. The van der Waals surface area contributed by atoms with Crippen LogP contribution in [0.2, 0.25) is 0 Å². The van der Waals surface area contributed by atoms with Gasteiger partial charge in [0.05, 0.1) is 22.2 Å². The predicted molar refractivity (Wildman–Crippen MR) is 251 cm³/mol. The summed E-state index contributed by atoms with van der Waals surface area (Å²) in [6.45, 7) is 7.49. The zero-order valence-electron chi connectivity index (χ0n) is 34.6. The summed E-state index contributed by atoms with van der Waals surface area (Å²) in [7, 11) is 12.1. The number of aliphatic imine (C=N–C) groups is 2. The number of ether oxygens (including phenoxy) is 1. The van der Waals surface area contributed by atoms with E-state index in [2.05, 4.69) is 23.1 Å². The number of allylic oxidation sites excluding steroid dienone is 6. The maximum atomic E-state index is 12.1. The molecule has 1 aromatic heterocycles. The smallest absolute Gasteiger partial charge is 0.208 e. The third-order valence-electron chi connectivity index (χ3n) is 11.0. The molecule has 0 bridgehead atoms. The predicted octanol–water partition coefficient (Wildman–Crippen LogP) is 6.86. The van der Waals surface area contributed by atoms with Gasteiger partial charge in [-0.3, -0.25) is 0 Å². The molecule has 6 aromatic rings. The number of aliphatic hydroxyl groups is 3. The second kappa shape index (κ2) is 16.7. The second-order valence-corrected chi connectivity index (χ2v) is 15.1. The number of rotatable bonds is 6. The molecule has 0 fully saturated rings. The Balaban J connectivity index is 1.43. The van der Waals surface area contributed by atoms with Crippen LogP contribution in [-0.4, -0.2) is 88.6 Å². The molecule has 0 amide bonds. The van der Waals surface area contributed by atoms with Crippen molar-refractivity contribution in [3.05, 3.63) is 148 Å². The maximum absolute atomic E-state index is 12.1. The highest BCUT2D eigenvalue weighted by atomic mass is 16.5. The van der Waals surface area contributed by atoms with Crippen molar-refractivity contribution in [2.24, 2.45) is 15.7 Å². The number of amidine groups is 2. The topological polar surface area (TPSA) is 316 Å². The number of fused-ring (bicyclic) bond motifs is 4. The lowest BCUT2D eigenvalue weighted by atomic mass is 9.87. The first-order valence-corrected chi connectivity index (χ1v) is 19.7. The molecule has 0 unspecified atom stereocenters. The Labute approximate surface area is 381 Å². The highest BCUT2D eigenvalue weighted by molar-refractivity contribution is 6.44. The zero-order chi connectivity index (χ0) is 48.3. The summed E-state index contributed by atoms with van der Waals surface area (Å²) >= 11 is 0. The summed E-state index contributed by atoms with van der Waals surface area (Å²) in [5.74, 6) is -15.8. The van der Waals surface area contributed by atoms with Crippen LogP contribution < -0.4 is 15.9 Å². The van der Waals surface area contributed by atoms with E-state index in [0.29, 0.717) is 17.6 Å². The van der Waals surface area contributed by atoms with Crippen LogP contribution in [0.5, 0.6) is 57.5 Å². The molecule has 19 heteroatoms. The Morgan fingerprint density at radius 2 is 1.27 bits per heavy atom. The number of aliphatic hydroxyl groups excluding tert-OH is 3. The fraction of sp³-hybridized carbons (Fsp3) is 0.0417. The molecule has 67 heavy (non-hydrogen) atoms. The van der Waals surface area contributed by atoms with Gasteiger partial charge in [0, 0.05) is 17.4 Å². The minimum Gasteiger partial charge on any atom is -0.508 e. The molecule has 5 aromatic carbocycles. The number of phenols is 9. The summed E-state index contributed by atoms with van der Waals surface area (Å²) in [4.78, 5) is 8.95. The van der Waals surface area contributed by atoms with Crippen LogP contribution >= 0.6 is 0 Å². The van der Waals surface area contributed by atoms with Gasteiger partial charge in [-0.2, -0.15) is 0 Å². The van der Waals surface area contributed by atoms with Gasteiger partial charge in [0.15, 0.2) is 63.2 Å². The van der Waals surface area contributed by atoms with Gasteiger partial charge in [0.1, 0.15) is 44.2 Å². The lowest BCUT2D eigenvalue weighted by Gasteiger charge is -2.20. The number of hydrogen-bond donors (Lipinski definition) is 13. The maximum Gasteiger partial charge on any atom is 0.208 e. The largest absolute Gasteiger partial charge is 0.508 e. The second-order valence-electron chi connectivity index (χ2n) is 15.1. The number of hydrogen-bond acceptors (Lipinski definition) is 15. The van der Waals surface area contributed by atoms with E-state index in [1.807, 2.05) is 60.7 Å². The van der Waals surface area contributed by atoms with E-state index in [1.165, 1.54) is 0 Å². The van der Waals surface area contributed by atoms with Crippen molar-refractivity contribution >= 4 is 66.0 Å². The van der Waals surface area contributed by atoms with Gasteiger partial charge >= 0.3 is 0 Å². The molecule has 1 aliphatic heterocycles. The number of nitrogens with zero attached hydrogens (tertiary/aromatic N) is 2. The Morgan fingerprint density at radius 3 is 1.99 bits per heavy atom. The Bertz CT molecular complexity index is 3420. The summed E-state index contributed by atoms with van der Waals surface area (Å²) in [6.07, 6.45) is 6.63. The standard InChI is InChI=1S/C48H35B2N3O14/c1-18(27-35(57)40(62)32(50)28-29-36(58)41(63)42(64)43(65)46(29)67-45(27)28)52-48(30-37(59)33(55)25-17-26(54)34(56)39(61)31(49)19(2)66-44(25)38(30)60)53-47(51)24-15-8-4-7-14-23(24)22-13-9-12-21(16-22)20-10-5-3-6-11-20/h3,5-16,54-65H,1-2,4,17H2,(H2,51,52,53)/b34-26-,39-31-. The number of nitrogens with two attached hydrogens (primary N) is 1. The third-order valence-corrected chi connectivity index (χ3v) is 11.0. The van der Waals surface area contributed by atoms with Crippen molar-refractivity contribution in [3.63, 3.8) is 0 Å². The van der Waals surface area contributed by atoms with Crippen molar-refractivity contribution < 1.29 is 70.4 Å². The van der Waals surface area contributed by atoms with Gasteiger partial charge in [-0.25, -0.2) is 9.98 Å². The van der Waals surface area contributed by atoms with Crippen molar-refractivity contribution in [2.45, 2.75) is 12.8 Å². The van der Waals surface area contributed by atoms with Crippen LogP contribution in [0.1, 0.15) is 28.7 Å². The van der Waals surface area contributed by atoms with E-state index in [1.54, 1.807) is 18.2 Å². The van der Waals surface area contributed by atoms with Crippen LogP contribution in [0, 0.1) is 0 Å². The minimum absolute atomic E-state index is 0.268. The molecule has 8 rings (SSSR count). The van der Waals surface area contributed by atoms with Gasteiger partial charge in [0.25, 0.3) is 0 Å². The zero-order valence-corrected chi connectivity index (χ0v) is 34.6. The van der Waals surface area contributed by atoms with Crippen molar-refractivity contribution in [3.8, 4) is 68.6 Å². The van der Waals surface area contributed by atoms with Crippen LogP contribution in [0.3, 0.4) is 0 Å². The van der Waals surface area contributed by atoms with Crippen LogP contribution in [0.15, 0.2) is 141 Å². The van der Waals surface area contributed by atoms with E-state index in [4.69, 9.17) is 30.6 Å². The molecular formula is C48H35B2N3O14. The van der Waals surface area contributed by atoms with Crippen LogP contribution in [0.4, 0.5) is 0 Å². The molecular weight excluding hydrogens is 864 g/mol. The van der Waals surface area contributed by atoms with Gasteiger partial charge in [-0.1, -0.05) is 86.0 Å². The Kier molecular flexibility index (Phi) is 11.1. The summed E-state index contributed by atoms with van der Waals surface area (Å²) in [5, 5.41) is 131. The average molecular weight is 899 g/mol. The monoisotopic (exact) mass is 899 g/mol. The third kappa shape index (κ3) is 7.29. The minimum atomic E-state index is -1.19. The molecule has 0 saturated carbocycles. The van der Waals surface area contributed by atoms with Gasteiger partial charge in [-0.05, 0) is 45.7 Å². The Morgan fingerprint density at radius 1 is 0.627 bits per heavy atom. The molecule has 0 spiro atoms. The normalized spacial score (nSPS) is 17.0. The van der Waals surface area contributed by atoms with E-state index in [-0.39, 0.29) is 11.4 Å². The Hall–Kier alpha value is -9.25. The summed E-state index contributed by atoms with van der Waals surface area (Å²) < 4.78 is 11.5. The average Bonchev–Trinajstić information content (AvgIpc) is 3.55. The molecule has 17 nitrogen and oxygen atoms in total. The molecule has 14 N–H and O–H groups in total. The highest BCUT2D eigenvalue weighted by Crippen LogP contribution is 2.54. The molecule has 1 aliphatic carbocycles. The quantitative estimate of drug-likeness (QED) is 0.0267.